The molecular weight excluding hydrogens is 416 g/mol. The van der Waals surface area contributed by atoms with Crippen molar-refractivity contribution >= 4 is 28.6 Å². The number of hydrogen-bond acceptors (Lipinski definition) is 3. The van der Waals surface area contributed by atoms with E-state index in [2.05, 4.69) is 24.1 Å². The summed E-state index contributed by atoms with van der Waals surface area (Å²) in [5.74, 6) is -1.12. The zero-order valence-electron chi connectivity index (χ0n) is 20.3. The summed E-state index contributed by atoms with van der Waals surface area (Å²) in [6.07, 6.45) is 13.6. The molecule has 0 fully saturated rings. The monoisotopic (exact) mass is 456 g/mol. The molecule has 0 spiro atoms. The molecule has 0 aliphatic rings. The number of fused-ring (bicyclic) bond motifs is 1. The van der Waals surface area contributed by atoms with Gasteiger partial charge in [0.25, 0.3) is 0 Å². The Balaban J connectivity index is 1.94. The number of aliphatic carboxylic acids is 1. The zero-order chi connectivity index (χ0) is 24.1. The summed E-state index contributed by atoms with van der Waals surface area (Å²) in [5, 5.41) is 13.2. The molecule has 2 rings (SSSR count). The molecule has 1 heterocycles. The number of nitrogens with one attached hydrogen (secondary N) is 2. The number of H-pyrrole nitrogens is 1. The van der Waals surface area contributed by atoms with Crippen LogP contribution in [0.15, 0.2) is 24.4 Å². The second kappa shape index (κ2) is 14.5. The van der Waals surface area contributed by atoms with Gasteiger partial charge in [0, 0.05) is 41.9 Å². The SMILES string of the molecule is CCCCCCCC(=O)N[C@@H](Cc1c[nH]c2cc(C(=O)CCCCCCC)ccc12)C(=O)O. The van der Waals surface area contributed by atoms with Crippen LogP contribution in [0.4, 0.5) is 0 Å². The van der Waals surface area contributed by atoms with E-state index in [1.165, 1.54) is 19.3 Å². The molecule has 3 N–H and O–H groups in total. The summed E-state index contributed by atoms with van der Waals surface area (Å²) in [6, 6.07) is 4.56. The molecule has 6 nitrogen and oxygen atoms in total. The summed E-state index contributed by atoms with van der Waals surface area (Å²) in [7, 11) is 0. The molecule has 0 aliphatic carbocycles. The van der Waals surface area contributed by atoms with E-state index in [9.17, 15) is 19.5 Å². The van der Waals surface area contributed by atoms with Crippen LogP contribution in [-0.2, 0) is 16.0 Å². The minimum absolute atomic E-state index is 0.138. The lowest BCUT2D eigenvalue weighted by Crippen LogP contribution is -2.42. The molecule has 0 saturated carbocycles. The van der Waals surface area contributed by atoms with Crippen molar-refractivity contribution < 1.29 is 19.5 Å². The standard InChI is InChI=1S/C27H40N2O4/c1-3-5-7-9-11-13-25(30)20-15-16-22-21(19-28-23(22)17-20)18-24(27(32)33)29-26(31)14-12-10-8-6-4-2/h15-17,19,24,28H,3-14,18H2,1-2H3,(H,29,31)(H,32,33)/t24-/m0/s1. The molecule has 1 atom stereocenters. The van der Waals surface area contributed by atoms with Crippen molar-refractivity contribution in [1.29, 1.82) is 0 Å². The molecule has 6 heteroatoms. The number of ketones is 1. The Morgan fingerprint density at radius 3 is 2.18 bits per heavy atom. The summed E-state index contributed by atoms with van der Waals surface area (Å²) in [5.41, 5.74) is 2.31. The van der Waals surface area contributed by atoms with Gasteiger partial charge in [-0.2, -0.15) is 0 Å². The van der Waals surface area contributed by atoms with Gasteiger partial charge < -0.3 is 15.4 Å². The van der Waals surface area contributed by atoms with Gasteiger partial charge in [0.15, 0.2) is 5.78 Å². The Bertz CT molecular complexity index is 903. The second-order valence-electron chi connectivity index (χ2n) is 8.99. The second-order valence-corrected chi connectivity index (χ2v) is 8.99. The van der Waals surface area contributed by atoms with Crippen LogP contribution in [0.25, 0.3) is 10.9 Å². The number of hydrogen-bond donors (Lipinski definition) is 3. The third-order valence-electron chi connectivity index (χ3n) is 6.16. The van der Waals surface area contributed by atoms with Crippen molar-refractivity contribution in [3.8, 4) is 0 Å². The van der Waals surface area contributed by atoms with Crippen molar-refractivity contribution in [3.63, 3.8) is 0 Å². The van der Waals surface area contributed by atoms with Gasteiger partial charge in [-0.15, -0.1) is 0 Å². The number of carboxylic acids is 1. The maximum Gasteiger partial charge on any atom is 0.326 e. The van der Waals surface area contributed by atoms with E-state index >= 15 is 0 Å². The van der Waals surface area contributed by atoms with Gasteiger partial charge in [0.05, 0.1) is 0 Å². The van der Waals surface area contributed by atoms with Gasteiger partial charge in [0.2, 0.25) is 5.91 Å². The van der Waals surface area contributed by atoms with E-state index in [-0.39, 0.29) is 18.1 Å². The van der Waals surface area contributed by atoms with Gasteiger partial charge in [-0.3, -0.25) is 9.59 Å². The first-order valence-corrected chi connectivity index (χ1v) is 12.6. The van der Waals surface area contributed by atoms with Crippen LogP contribution in [-0.4, -0.2) is 33.8 Å². The topological polar surface area (TPSA) is 99.3 Å². The molecule has 0 saturated heterocycles. The summed E-state index contributed by atoms with van der Waals surface area (Å²) in [4.78, 5) is 39.7. The third kappa shape index (κ3) is 9.03. The highest BCUT2D eigenvalue weighted by Crippen LogP contribution is 2.22. The number of aromatic amines is 1. The Morgan fingerprint density at radius 1 is 0.909 bits per heavy atom. The fourth-order valence-corrected chi connectivity index (χ4v) is 4.14. The molecule has 0 unspecified atom stereocenters. The number of Topliss-reactive ketones (excluding diaryl/α,β-unsaturated/α-hetero) is 1. The van der Waals surface area contributed by atoms with Crippen LogP contribution in [0.3, 0.4) is 0 Å². The highest BCUT2D eigenvalue weighted by Gasteiger charge is 2.22. The van der Waals surface area contributed by atoms with Crippen LogP contribution in [0.1, 0.15) is 107 Å². The van der Waals surface area contributed by atoms with Crippen molar-refractivity contribution in [3.05, 3.63) is 35.5 Å². The Morgan fingerprint density at radius 2 is 1.55 bits per heavy atom. The fraction of sp³-hybridized carbons (Fsp3) is 0.593. The maximum atomic E-state index is 12.5. The number of carbonyl (C=O) groups is 3. The highest BCUT2D eigenvalue weighted by atomic mass is 16.4. The van der Waals surface area contributed by atoms with Crippen molar-refractivity contribution in [2.45, 2.75) is 103 Å². The number of carbonyl (C=O) groups excluding carboxylic acids is 2. The van der Waals surface area contributed by atoms with Gasteiger partial charge in [-0.25, -0.2) is 4.79 Å². The van der Waals surface area contributed by atoms with Crippen LogP contribution in [0.2, 0.25) is 0 Å². The van der Waals surface area contributed by atoms with E-state index in [4.69, 9.17) is 0 Å². The van der Waals surface area contributed by atoms with Gasteiger partial charge >= 0.3 is 5.97 Å². The lowest BCUT2D eigenvalue weighted by atomic mass is 10.0. The highest BCUT2D eigenvalue weighted by molar-refractivity contribution is 6.00. The predicted molar refractivity (Wildman–Crippen MR) is 133 cm³/mol. The summed E-state index contributed by atoms with van der Waals surface area (Å²) >= 11 is 0. The average Bonchev–Trinajstić information content (AvgIpc) is 3.20. The Kier molecular flexibility index (Phi) is 11.7. The van der Waals surface area contributed by atoms with Gasteiger partial charge in [0.1, 0.15) is 6.04 Å². The van der Waals surface area contributed by atoms with Gasteiger partial charge in [-0.1, -0.05) is 77.3 Å². The molecule has 1 amide bonds. The van der Waals surface area contributed by atoms with Crippen LogP contribution in [0, 0.1) is 0 Å². The lowest BCUT2D eigenvalue weighted by Gasteiger charge is -2.14. The molecule has 0 aliphatic heterocycles. The predicted octanol–water partition coefficient (Wildman–Crippen LogP) is 6.18. The zero-order valence-corrected chi connectivity index (χ0v) is 20.3. The largest absolute Gasteiger partial charge is 0.480 e. The first kappa shape index (κ1) is 26.6. The van der Waals surface area contributed by atoms with E-state index < -0.39 is 12.0 Å². The molecule has 0 radical (unpaired) electrons. The van der Waals surface area contributed by atoms with Crippen LogP contribution in [0.5, 0.6) is 0 Å². The normalized spacial score (nSPS) is 12.1. The fourth-order valence-electron chi connectivity index (χ4n) is 4.14. The van der Waals surface area contributed by atoms with Gasteiger partial charge in [-0.05, 0) is 24.5 Å². The summed E-state index contributed by atoms with van der Waals surface area (Å²) in [6.45, 7) is 4.32. The Labute approximate surface area is 197 Å². The molecule has 33 heavy (non-hydrogen) atoms. The average molecular weight is 457 g/mol. The molecule has 1 aromatic heterocycles. The van der Waals surface area contributed by atoms with Crippen LogP contribution >= 0.6 is 0 Å². The van der Waals surface area contributed by atoms with Crippen LogP contribution < -0.4 is 5.32 Å². The summed E-state index contributed by atoms with van der Waals surface area (Å²) < 4.78 is 0. The van der Waals surface area contributed by atoms with E-state index in [1.807, 2.05) is 18.2 Å². The minimum atomic E-state index is -1.04. The molecule has 0 bridgehead atoms. The molecule has 182 valence electrons. The number of rotatable bonds is 17. The number of unbranched alkanes of at least 4 members (excludes halogenated alkanes) is 8. The van der Waals surface area contributed by atoms with Crippen molar-refractivity contribution in [1.82, 2.24) is 10.3 Å². The number of carboxylic acid groups (broad SMARTS) is 1. The molecule has 1 aromatic carbocycles. The number of amides is 1. The van der Waals surface area contributed by atoms with E-state index in [0.29, 0.717) is 18.4 Å². The number of aromatic nitrogens is 1. The minimum Gasteiger partial charge on any atom is -0.480 e. The molecular formula is C27H40N2O4. The first-order valence-electron chi connectivity index (χ1n) is 12.6. The smallest absolute Gasteiger partial charge is 0.326 e. The molecule has 2 aromatic rings. The third-order valence-corrected chi connectivity index (χ3v) is 6.16. The first-order chi connectivity index (χ1) is 16.0. The van der Waals surface area contributed by atoms with Crippen molar-refractivity contribution in [2.75, 3.05) is 0 Å². The lowest BCUT2D eigenvalue weighted by molar-refractivity contribution is -0.141. The van der Waals surface area contributed by atoms with E-state index in [1.54, 1.807) is 6.20 Å². The van der Waals surface area contributed by atoms with E-state index in [0.717, 1.165) is 61.4 Å². The number of benzene rings is 1. The maximum absolute atomic E-state index is 12.5. The Hall–Kier alpha value is -2.63. The van der Waals surface area contributed by atoms with Crippen molar-refractivity contribution in [2.24, 2.45) is 0 Å². The quantitative estimate of drug-likeness (QED) is 0.195.